The molecule has 0 bridgehead atoms. The average molecular weight is 280 g/mol. The van der Waals surface area contributed by atoms with Crippen molar-refractivity contribution >= 4 is 0 Å². The molecule has 20 heavy (non-hydrogen) atoms. The lowest BCUT2D eigenvalue weighted by molar-refractivity contribution is 0.185. The highest BCUT2D eigenvalue weighted by Gasteiger charge is 2.22. The highest BCUT2D eigenvalue weighted by molar-refractivity contribution is 5.42. The van der Waals surface area contributed by atoms with Gasteiger partial charge in [0, 0.05) is 23.7 Å². The summed E-state index contributed by atoms with van der Waals surface area (Å²) >= 11 is 0. The van der Waals surface area contributed by atoms with E-state index in [2.05, 4.69) is 45.1 Å². The lowest BCUT2D eigenvalue weighted by Crippen LogP contribution is -2.47. The molecule has 4 heteroatoms. The van der Waals surface area contributed by atoms with Crippen LogP contribution in [-0.2, 0) is 0 Å². The second-order valence-corrected chi connectivity index (χ2v) is 5.92. The highest BCUT2D eigenvalue weighted by Crippen LogP contribution is 2.29. The zero-order valence-corrected chi connectivity index (χ0v) is 13.8. The number of nitrogens with one attached hydrogen (secondary N) is 1. The topological polar surface area (TPSA) is 33.7 Å². The van der Waals surface area contributed by atoms with Gasteiger partial charge in [-0.25, -0.2) is 0 Å². The Bertz CT molecular complexity index is 430. The van der Waals surface area contributed by atoms with Gasteiger partial charge in [0.15, 0.2) is 0 Å². The van der Waals surface area contributed by atoms with Crippen molar-refractivity contribution in [1.29, 1.82) is 0 Å². The molecule has 0 aliphatic heterocycles. The van der Waals surface area contributed by atoms with Gasteiger partial charge in [-0.2, -0.15) is 0 Å². The predicted molar refractivity (Wildman–Crippen MR) is 83.7 cm³/mol. The van der Waals surface area contributed by atoms with Crippen molar-refractivity contribution in [2.45, 2.75) is 32.4 Å². The van der Waals surface area contributed by atoms with Crippen LogP contribution in [0.5, 0.6) is 11.5 Å². The molecule has 0 amide bonds. The van der Waals surface area contributed by atoms with Crippen LogP contribution < -0.4 is 14.8 Å². The van der Waals surface area contributed by atoms with Crippen LogP contribution in [0.1, 0.15) is 32.4 Å². The van der Waals surface area contributed by atoms with E-state index in [0.717, 1.165) is 23.6 Å². The van der Waals surface area contributed by atoms with Crippen molar-refractivity contribution < 1.29 is 9.47 Å². The van der Waals surface area contributed by atoms with Crippen LogP contribution in [0.15, 0.2) is 18.2 Å². The fraction of sp³-hybridized carbons (Fsp3) is 0.625. The van der Waals surface area contributed by atoms with E-state index in [9.17, 15) is 0 Å². The molecule has 1 N–H and O–H groups in total. The van der Waals surface area contributed by atoms with E-state index in [1.165, 1.54) is 0 Å². The molecule has 1 atom stereocenters. The monoisotopic (exact) mass is 280 g/mol. The van der Waals surface area contributed by atoms with Gasteiger partial charge in [-0.05, 0) is 53.1 Å². The number of hydrogen-bond donors (Lipinski definition) is 1. The Labute approximate surface area is 123 Å². The van der Waals surface area contributed by atoms with Crippen molar-refractivity contribution in [3.8, 4) is 11.5 Å². The molecule has 0 aliphatic carbocycles. The number of rotatable bonds is 7. The van der Waals surface area contributed by atoms with Gasteiger partial charge in [-0.3, -0.25) is 0 Å². The fourth-order valence-electron chi connectivity index (χ4n) is 1.85. The lowest BCUT2D eigenvalue weighted by atomic mass is 10.0. The molecule has 0 aromatic heterocycles. The predicted octanol–water partition coefficient (Wildman–Crippen LogP) is 2.69. The third-order valence-electron chi connectivity index (χ3n) is 3.95. The Balaban J connectivity index is 2.83. The van der Waals surface area contributed by atoms with Gasteiger partial charge in [0.1, 0.15) is 11.5 Å². The molecule has 4 nitrogen and oxygen atoms in total. The maximum Gasteiger partial charge on any atom is 0.123 e. The summed E-state index contributed by atoms with van der Waals surface area (Å²) in [5.41, 5.74) is 1.21. The standard InChI is InChI=1S/C16H28N2O2/c1-12(17-11-16(2,3)18(4)5)14-10-13(19-6)8-9-15(14)20-7/h8-10,12,17H,11H2,1-7H3. The van der Waals surface area contributed by atoms with Crippen molar-refractivity contribution in [2.75, 3.05) is 34.9 Å². The van der Waals surface area contributed by atoms with Crippen LogP contribution >= 0.6 is 0 Å². The Kier molecular flexibility index (Phi) is 5.84. The Hall–Kier alpha value is -1.26. The molecule has 1 aromatic carbocycles. The summed E-state index contributed by atoms with van der Waals surface area (Å²) in [6.45, 7) is 7.47. The molecule has 0 radical (unpaired) electrons. The molecular weight excluding hydrogens is 252 g/mol. The molecule has 114 valence electrons. The second kappa shape index (κ2) is 6.95. The summed E-state index contributed by atoms with van der Waals surface area (Å²) in [7, 11) is 7.57. The van der Waals surface area contributed by atoms with E-state index >= 15 is 0 Å². The summed E-state index contributed by atoms with van der Waals surface area (Å²) in [6, 6.07) is 6.08. The number of likely N-dealkylation sites (N-methyl/N-ethyl adjacent to an activating group) is 1. The van der Waals surface area contributed by atoms with Gasteiger partial charge >= 0.3 is 0 Å². The fourth-order valence-corrected chi connectivity index (χ4v) is 1.85. The first kappa shape index (κ1) is 16.8. The van der Waals surface area contributed by atoms with Gasteiger partial charge < -0.3 is 19.7 Å². The molecule has 0 saturated heterocycles. The minimum atomic E-state index is 0.0976. The number of methoxy groups -OCH3 is 2. The first-order valence-corrected chi connectivity index (χ1v) is 6.94. The summed E-state index contributed by atoms with van der Waals surface area (Å²) in [4.78, 5) is 2.22. The molecule has 1 aromatic rings. The Morgan fingerprint density at radius 1 is 1.20 bits per heavy atom. The van der Waals surface area contributed by atoms with Crippen LogP contribution in [0.2, 0.25) is 0 Å². The third kappa shape index (κ3) is 4.12. The Morgan fingerprint density at radius 2 is 1.85 bits per heavy atom. The van der Waals surface area contributed by atoms with Crippen molar-refractivity contribution in [3.05, 3.63) is 23.8 Å². The molecule has 0 fully saturated rings. The van der Waals surface area contributed by atoms with Crippen molar-refractivity contribution in [3.63, 3.8) is 0 Å². The number of nitrogens with zero attached hydrogens (tertiary/aromatic N) is 1. The van der Waals surface area contributed by atoms with Gasteiger partial charge in [-0.1, -0.05) is 0 Å². The quantitative estimate of drug-likeness (QED) is 0.832. The van der Waals surface area contributed by atoms with Gasteiger partial charge in [0.2, 0.25) is 0 Å². The van der Waals surface area contributed by atoms with Crippen LogP contribution in [0.25, 0.3) is 0 Å². The highest BCUT2D eigenvalue weighted by atomic mass is 16.5. The molecule has 0 spiro atoms. The normalized spacial score (nSPS) is 13.4. The summed E-state index contributed by atoms with van der Waals surface area (Å²) in [5.74, 6) is 1.73. The van der Waals surface area contributed by atoms with Crippen LogP contribution in [-0.4, -0.2) is 45.3 Å². The maximum absolute atomic E-state index is 5.44. The van der Waals surface area contributed by atoms with Crippen LogP contribution in [0.4, 0.5) is 0 Å². The minimum Gasteiger partial charge on any atom is -0.497 e. The first-order chi connectivity index (χ1) is 9.31. The maximum atomic E-state index is 5.44. The lowest BCUT2D eigenvalue weighted by Gasteiger charge is -2.34. The van der Waals surface area contributed by atoms with E-state index in [4.69, 9.17) is 9.47 Å². The molecule has 0 heterocycles. The summed E-state index contributed by atoms with van der Waals surface area (Å²) < 4.78 is 10.7. The number of hydrogen-bond acceptors (Lipinski definition) is 4. The summed E-state index contributed by atoms with van der Waals surface area (Å²) in [5, 5.41) is 3.57. The van der Waals surface area contributed by atoms with Crippen LogP contribution in [0.3, 0.4) is 0 Å². The van der Waals surface area contributed by atoms with Crippen molar-refractivity contribution in [1.82, 2.24) is 10.2 Å². The van der Waals surface area contributed by atoms with Crippen molar-refractivity contribution in [2.24, 2.45) is 0 Å². The van der Waals surface area contributed by atoms with E-state index in [0.29, 0.717) is 0 Å². The zero-order valence-electron chi connectivity index (χ0n) is 13.8. The number of ether oxygens (including phenoxy) is 2. The van der Waals surface area contributed by atoms with Gasteiger partial charge in [-0.15, -0.1) is 0 Å². The molecular formula is C16H28N2O2. The van der Waals surface area contributed by atoms with Gasteiger partial charge in [0.25, 0.3) is 0 Å². The smallest absolute Gasteiger partial charge is 0.123 e. The molecule has 0 aliphatic rings. The van der Waals surface area contributed by atoms with E-state index in [1.807, 2.05) is 18.2 Å². The SMILES string of the molecule is COc1ccc(OC)c(C(C)NCC(C)(C)N(C)C)c1. The van der Waals surface area contributed by atoms with E-state index in [-0.39, 0.29) is 11.6 Å². The molecule has 0 saturated carbocycles. The number of benzene rings is 1. The Morgan fingerprint density at radius 3 is 2.35 bits per heavy atom. The zero-order chi connectivity index (χ0) is 15.3. The third-order valence-corrected chi connectivity index (χ3v) is 3.95. The average Bonchev–Trinajstić information content (AvgIpc) is 2.43. The first-order valence-electron chi connectivity index (χ1n) is 6.94. The van der Waals surface area contributed by atoms with E-state index < -0.39 is 0 Å². The second-order valence-electron chi connectivity index (χ2n) is 5.92. The van der Waals surface area contributed by atoms with Gasteiger partial charge in [0.05, 0.1) is 14.2 Å². The molecule has 1 rings (SSSR count). The minimum absolute atomic E-state index is 0.0976. The van der Waals surface area contributed by atoms with Crippen LogP contribution in [0, 0.1) is 0 Å². The van der Waals surface area contributed by atoms with E-state index in [1.54, 1.807) is 14.2 Å². The molecule has 1 unspecified atom stereocenters. The summed E-state index contributed by atoms with van der Waals surface area (Å²) in [6.07, 6.45) is 0. The largest absolute Gasteiger partial charge is 0.497 e.